The SMILES string of the molecule is NC1CCCC(C(=O)NC2CCN(Cc3ccccc3)C2=O)C1. The zero-order valence-electron chi connectivity index (χ0n) is 13.4. The highest BCUT2D eigenvalue weighted by Crippen LogP contribution is 2.24. The minimum atomic E-state index is -0.371. The number of amides is 2. The lowest BCUT2D eigenvalue weighted by molar-refractivity contribution is -0.134. The van der Waals surface area contributed by atoms with Gasteiger partial charge in [-0.25, -0.2) is 0 Å². The minimum absolute atomic E-state index is 0.0000566. The van der Waals surface area contributed by atoms with E-state index in [0.717, 1.165) is 31.2 Å². The standard InChI is InChI=1S/C18H25N3O2/c19-15-8-4-7-14(11-15)17(22)20-16-9-10-21(18(16)23)12-13-5-2-1-3-6-13/h1-3,5-6,14-16H,4,7-12,19H2,(H,20,22). The van der Waals surface area contributed by atoms with Crippen molar-refractivity contribution >= 4 is 11.8 Å². The van der Waals surface area contributed by atoms with E-state index in [1.54, 1.807) is 0 Å². The molecule has 0 radical (unpaired) electrons. The predicted molar refractivity (Wildman–Crippen MR) is 88.3 cm³/mol. The smallest absolute Gasteiger partial charge is 0.245 e. The Bertz CT molecular complexity index is 561. The van der Waals surface area contributed by atoms with Gasteiger partial charge in [0.1, 0.15) is 6.04 Å². The molecular weight excluding hydrogens is 290 g/mol. The van der Waals surface area contributed by atoms with Crippen LogP contribution in [0.5, 0.6) is 0 Å². The van der Waals surface area contributed by atoms with Crippen molar-refractivity contribution in [3.8, 4) is 0 Å². The van der Waals surface area contributed by atoms with Crippen LogP contribution in [0.4, 0.5) is 0 Å². The molecule has 3 rings (SSSR count). The summed E-state index contributed by atoms with van der Waals surface area (Å²) in [5.41, 5.74) is 7.07. The van der Waals surface area contributed by atoms with Crippen molar-refractivity contribution in [3.63, 3.8) is 0 Å². The summed E-state index contributed by atoms with van der Waals surface area (Å²) < 4.78 is 0. The Morgan fingerprint density at radius 2 is 2.00 bits per heavy atom. The van der Waals surface area contributed by atoms with E-state index in [0.29, 0.717) is 19.5 Å². The molecule has 0 bridgehead atoms. The van der Waals surface area contributed by atoms with Crippen molar-refractivity contribution in [2.45, 2.75) is 50.7 Å². The Balaban J connectivity index is 1.53. The molecular formula is C18H25N3O2. The Morgan fingerprint density at radius 3 is 2.74 bits per heavy atom. The minimum Gasteiger partial charge on any atom is -0.344 e. The first-order valence-corrected chi connectivity index (χ1v) is 8.52. The molecule has 1 saturated heterocycles. The van der Waals surface area contributed by atoms with Crippen molar-refractivity contribution in [2.24, 2.45) is 11.7 Å². The van der Waals surface area contributed by atoms with Crippen LogP contribution in [0.3, 0.4) is 0 Å². The Hall–Kier alpha value is -1.88. The molecule has 1 aromatic rings. The Kier molecular flexibility index (Phi) is 4.96. The number of likely N-dealkylation sites (tertiary alicyclic amines) is 1. The molecule has 1 aromatic carbocycles. The van der Waals surface area contributed by atoms with Gasteiger partial charge in [-0.1, -0.05) is 36.8 Å². The van der Waals surface area contributed by atoms with E-state index < -0.39 is 0 Å². The van der Waals surface area contributed by atoms with E-state index in [-0.39, 0.29) is 29.8 Å². The van der Waals surface area contributed by atoms with Gasteiger partial charge in [0.25, 0.3) is 0 Å². The molecule has 1 aliphatic heterocycles. The van der Waals surface area contributed by atoms with Crippen LogP contribution in [0.25, 0.3) is 0 Å². The van der Waals surface area contributed by atoms with Gasteiger partial charge in [-0.05, 0) is 31.2 Å². The second kappa shape index (κ2) is 7.13. The lowest BCUT2D eigenvalue weighted by atomic mass is 9.85. The van der Waals surface area contributed by atoms with E-state index in [9.17, 15) is 9.59 Å². The zero-order chi connectivity index (χ0) is 16.2. The molecule has 23 heavy (non-hydrogen) atoms. The van der Waals surface area contributed by atoms with Crippen molar-refractivity contribution in [1.82, 2.24) is 10.2 Å². The summed E-state index contributed by atoms with van der Waals surface area (Å²) in [5.74, 6) is -0.00269. The summed E-state index contributed by atoms with van der Waals surface area (Å²) in [6, 6.07) is 9.69. The number of hydrogen-bond acceptors (Lipinski definition) is 3. The van der Waals surface area contributed by atoms with Crippen LogP contribution >= 0.6 is 0 Å². The fraction of sp³-hybridized carbons (Fsp3) is 0.556. The number of nitrogens with two attached hydrogens (primary N) is 1. The highest BCUT2D eigenvalue weighted by molar-refractivity contribution is 5.89. The van der Waals surface area contributed by atoms with Gasteiger partial charge in [0.15, 0.2) is 0 Å². The number of rotatable bonds is 4. The molecule has 5 heteroatoms. The van der Waals surface area contributed by atoms with E-state index in [2.05, 4.69) is 5.32 Å². The third-order valence-electron chi connectivity index (χ3n) is 4.92. The van der Waals surface area contributed by atoms with Gasteiger partial charge in [0.2, 0.25) is 11.8 Å². The lowest BCUT2D eigenvalue weighted by Gasteiger charge is -2.26. The van der Waals surface area contributed by atoms with Crippen LogP contribution in [0, 0.1) is 5.92 Å². The van der Waals surface area contributed by atoms with Gasteiger partial charge in [0, 0.05) is 25.0 Å². The van der Waals surface area contributed by atoms with Gasteiger partial charge >= 0.3 is 0 Å². The maximum absolute atomic E-state index is 12.5. The first-order chi connectivity index (χ1) is 11.1. The number of carbonyl (C=O) groups is 2. The summed E-state index contributed by atoms with van der Waals surface area (Å²) in [6.07, 6.45) is 4.31. The molecule has 1 saturated carbocycles. The molecule has 0 aromatic heterocycles. The fourth-order valence-corrected chi connectivity index (χ4v) is 3.59. The Morgan fingerprint density at radius 1 is 1.22 bits per heavy atom. The number of benzene rings is 1. The average Bonchev–Trinajstić information content (AvgIpc) is 2.89. The third-order valence-corrected chi connectivity index (χ3v) is 4.92. The normalized spacial score (nSPS) is 28.0. The number of nitrogens with zero attached hydrogens (tertiary/aromatic N) is 1. The maximum Gasteiger partial charge on any atom is 0.245 e. The topological polar surface area (TPSA) is 75.4 Å². The van der Waals surface area contributed by atoms with E-state index in [4.69, 9.17) is 5.73 Å². The third kappa shape index (κ3) is 3.91. The van der Waals surface area contributed by atoms with Crippen LogP contribution in [-0.4, -0.2) is 35.3 Å². The van der Waals surface area contributed by atoms with Gasteiger partial charge in [-0.3, -0.25) is 9.59 Å². The molecule has 0 spiro atoms. The largest absolute Gasteiger partial charge is 0.344 e. The first-order valence-electron chi connectivity index (χ1n) is 8.52. The highest BCUT2D eigenvalue weighted by Gasteiger charge is 2.34. The number of carbonyl (C=O) groups excluding carboxylic acids is 2. The van der Waals surface area contributed by atoms with Crippen LogP contribution in [-0.2, 0) is 16.1 Å². The molecule has 124 valence electrons. The number of nitrogens with one attached hydrogen (secondary N) is 1. The van der Waals surface area contributed by atoms with Crippen LogP contribution in [0.1, 0.15) is 37.7 Å². The monoisotopic (exact) mass is 315 g/mol. The quantitative estimate of drug-likeness (QED) is 0.882. The molecule has 3 N–H and O–H groups in total. The van der Waals surface area contributed by atoms with Gasteiger partial charge < -0.3 is 16.0 Å². The van der Waals surface area contributed by atoms with Crippen molar-refractivity contribution in [2.75, 3.05) is 6.54 Å². The zero-order valence-corrected chi connectivity index (χ0v) is 13.4. The van der Waals surface area contributed by atoms with Crippen LogP contribution in [0.2, 0.25) is 0 Å². The van der Waals surface area contributed by atoms with E-state index in [1.165, 1.54) is 0 Å². The summed E-state index contributed by atoms with van der Waals surface area (Å²) in [5, 5.41) is 2.95. The van der Waals surface area contributed by atoms with Crippen LogP contribution < -0.4 is 11.1 Å². The predicted octanol–water partition coefficient (Wildman–Crippen LogP) is 1.42. The van der Waals surface area contributed by atoms with Crippen molar-refractivity contribution in [1.29, 1.82) is 0 Å². The first kappa shape index (κ1) is 16.0. The molecule has 3 unspecified atom stereocenters. The van der Waals surface area contributed by atoms with Crippen molar-refractivity contribution < 1.29 is 9.59 Å². The number of hydrogen-bond donors (Lipinski definition) is 2. The van der Waals surface area contributed by atoms with E-state index >= 15 is 0 Å². The van der Waals surface area contributed by atoms with E-state index in [1.807, 2.05) is 35.2 Å². The molecule has 2 amide bonds. The molecule has 3 atom stereocenters. The fourth-order valence-electron chi connectivity index (χ4n) is 3.59. The second-order valence-electron chi connectivity index (χ2n) is 6.72. The molecule has 1 aliphatic carbocycles. The molecule has 2 fully saturated rings. The van der Waals surface area contributed by atoms with Gasteiger partial charge in [-0.15, -0.1) is 0 Å². The van der Waals surface area contributed by atoms with Crippen LogP contribution in [0.15, 0.2) is 30.3 Å². The second-order valence-corrected chi connectivity index (χ2v) is 6.72. The summed E-state index contributed by atoms with van der Waals surface area (Å²) in [6.45, 7) is 1.31. The Labute approximate surface area is 137 Å². The maximum atomic E-state index is 12.5. The lowest BCUT2D eigenvalue weighted by Crippen LogP contribution is -2.45. The van der Waals surface area contributed by atoms with Crippen molar-refractivity contribution in [3.05, 3.63) is 35.9 Å². The van der Waals surface area contributed by atoms with Gasteiger partial charge in [0.05, 0.1) is 0 Å². The highest BCUT2D eigenvalue weighted by atomic mass is 16.2. The summed E-state index contributed by atoms with van der Waals surface area (Å²) >= 11 is 0. The van der Waals surface area contributed by atoms with Gasteiger partial charge in [-0.2, -0.15) is 0 Å². The molecule has 2 aliphatic rings. The summed E-state index contributed by atoms with van der Waals surface area (Å²) in [4.78, 5) is 26.7. The average molecular weight is 315 g/mol. The summed E-state index contributed by atoms with van der Waals surface area (Å²) in [7, 11) is 0. The molecule has 1 heterocycles. The molecule has 5 nitrogen and oxygen atoms in total.